The van der Waals surface area contributed by atoms with Crippen molar-refractivity contribution in [2.75, 3.05) is 51.3 Å². The van der Waals surface area contributed by atoms with Crippen LogP contribution in [0.4, 0.5) is 14.5 Å². The van der Waals surface area contributed by atoms with E-state index in [4.69, 9.17) is 9.84 Å². The van der Waals surface area contributed by atoms with Crippen molar-refractivity contribution in [3.63, 3.8) is 0 Å². The summed E-state index contributed by atoms with van der Waals surface area (Å²) in [5, 5.41) is 14.3. The van der Waals surface area contributed by atoms with Crippen LogP contribution in [0.1, 0.15) is 0 Å². The van der Waals surface area contributed by atoms with Crippen LogP contribution in [0.15, 0.2) is 43.0 Å². The summed E-state index contributed by atoms with van der Waals surface area (Å²) in [6.45, 7) is 4.35. The summed E-state index contributed by atoms with van der Waals surface area (Å²) < 4.78 is 35.2. The summed E-state index contributed by atoms with van der Waals surface area (Å²) in [7, 11) is 1.35. The van der Waals surface area contributed by atoms with E-state index in [-0.39, 0.29) is 12.4 Å². The number of hydrogen-bond acceptors (Lipinski definition) is 6. The number of fused-ring (bicyclic) bond motifs is 1. The fourth-order valence-corrected chi connectivity index (χ4v) is 4.30. The van der Waals surface area contributed by atoms with Crippen LogP contribution in [0.5, 0.6) is 5.75 Å². The largest absolute Gasteiger partial charge is 0.493 e. The van der Waals surface area contributed by atoms with E-state index in [2.05, 4.69) is 24.9 Å². The molecule has 5 rings (SSSR count). The molecule has 1 aliphatic rings. The fraction of sp³-hybridized carbons (Fsp3) is 0.304. The van der Waals surface area contributed by atoms with Crippen LogP contribution in [0, 0.1) is 11.6 Å². The molecular weight excluding hydrogens is 430 g/mol. The van der Waals surface area contributed by atoms with Crippen LogP contribution in [0.2, 0.25) is 0 Å². The standard InChI is InChI=1S/C23H24F2N6O2/c1-33-22-18(8-15(24)9-21(22)25)20-13-27-23-19(20)10-16(11-26-23)31-14-17(12-28-31)30-4-2-29(3-5-30)6-7-32/h8-14,32H,2-7H2,1H3,(H,26,27). The Kier molecular flexibility index (Phi) is 5.69. The number of aliphatic hydroxyl groups is 1. The lowest BCUT2D eigenvalue weighted by Crippen LogP contribution is -2.47. The van der Waals surface area contributed by atoms with Crippen LogP contribution in [0.25, 0.3) is 27.8 Å². The summed E-state index contributed by atoms with van der Waals surface area (Å²) in [6.07, 6.45) is 7.12. The fourth-order valence-electron chi connectivity index (χ4n) is 4.30. The maximum Gasteiger partial charge on any atom is 0.168 e. The molecule has 10 heteroatoms. The van der Waals surface area contributed by atoms with Crippen LogP contribution >= 0.6 is 0 Å². The molecule has 0 aliphatic carbocycles. The van der Waals surface area contributed by atoms with Crippen LogP contribution in [0.3, 0.4) is 0 Å². The Balaban J connectivity index is 1.46. The molecule has 2 N–H and O–H groups in total. The number of H-pyrrole nitrogens is 1. The number of aromatic amines is 1. The quantitative estimate of drug-likeness (QED) is 0.466. The number of ether oxygens (including phenoxy) is 1. The van der Waals surface area contributed by atoms with Crippen molar-refractivity contribution in [3.8, 4) is 22.6 Å². The Bertz CT molecular complexity index is 1280. The topological polar surface area (TPSA) is 82.4 Å². The third-order valence-electron chi connectivity index (χ3n) is 6.01. The number of nitrogens with zero attached hydrogens (tertiary/aromatic N) is 5. The number of aliphatic hydroxyl groups excluding tert-OH is 1. The predicted octanol–water partition coefficient (Wildman–Crippen LogP) is 2.82. The van der Waals surface area contributed by atoms with Crippen LogP contribution in [-0.4, -0.2) is 76.2 Å². The summed E-state index contributed by atoms with van der Waals surface area (Å²) in [5.41, 5.74) is 3.21. The minimum atomic E-state index is -0.762. The summed E-state index contributed by atoms with van der Waals surface area (Å²) in [6, 6.07) is 3.93. The maximum atomic E-state index is 14.3. The van der Waals surface area contributed by atoms with Crippen molar-refractivity contribution in [1.82, 2.24) is 24.6 Å². The average molecular weight is 454 g/mol. The van der Waals surface area contributed by atoms with E-state index in [0.29, 0.717) is 28.7 Å². The van der Waals surface area contributed by atoms with Gasteiger partial charge in [0.2, 0.25) is 0 Å². The van der Waals surface area contributed by atoms with Gasteiger partial charge in [0.15, 0.2) is 11.6 Å². The number of rotatable bonds is 6. The van der Waals surface area contributed by atoms with Gasteiger partial charge in [-0.05, 0) is 12.1 Å². The third-order valence-corrected chi connectivity index (χ3v) is 6.01. The van der Waals surface area contributed by atoms with Crippen molar-refractivity contribution in [1.29, 1.82) is 0 Å². The van der Waals surface area contributed by atoms with E-state index in [1.54, 1.807) is 17.1 Å². The molecule has 8 nitrogen and oxygen atoms in total. The first-order chi connectivity index (χ1) is 16.1. The number of β-amino-alcohol motifs (C(OH)–C–C–N with tert-alkyl or cyclic N) is 1. The number of piperazine rings is 1. The van der Waals surface area contributed by atoms with Crippen LogP contribution in [-0.2, 0) is 0 Å². The highest BCUT2D eigenvalue weighted by Crippen LogP contribution is 2.37. The Hall–Kier alpha value is -3.50. The second kappa shape index (κ2) is 8.80. The zero-order valence-corrected chi connectivity index (χ0v) is 18.1. The second-order valence-corrected chi connectivity index (χ2v) is 7.96. The Labute approximate surface area is 189 Å². The van der Waals surface area contributed by atoms with E-state index >= 15 is 0 Å². The Morgan fingerprint density at radius 2 is 1.88 bits per heavy atom. The minimum absolute atomic E-state index is 0.0237. The summed E-state index contributed by atoms with van der Waals surface area (Å²) >= 11 is 0. The maximum absolute atomic E-state index is 14.3. The zero-order valence-electron chi connectivity index (χ0n) is 18.1. The third kappa shape index (κ3) is 4.03. The van der Waals surface area contributed by atoms with Gasteiger partial charge < -0.3 is 19.7 Å². The molecule has 1 fully saturated rings. The lowest BCUT2D eigenvalue weighted by Gasteiger charge is -2.34. The first-order valence-electron chi connectivity index (χ1n) is 10.7. The lowest BCUT2D eigenvalue weighted by atomic mass is 10.0. The van der Waals surface area contributed by atoms with Gasteiger partial charge in [0.05, 0.1) is 43.7 Å². The molecule has 0 bridgehead atoms. The molecule has 0 saturated carbocycles. The molecule has 0 unspecified atom stereocenters. The van der Waals surface area contributed by atoms with Crippen molar-refractivity contribution in [2.45, 2.75) is 0 Å². The van der Waals surface area contributed by atoms with Gasteiger partial charge in [0.1, 0.15) is 11.5 Å². The summed E-state index contributed by atoms with van der Waals surface area (Å²) in [5.74, 6) is -1.47. The monoisotopic (exact) mass is 454 g/mol. The van der Waals surface area contributed by atoms with Gasteiger partial charge >= 0.3 is 0 Å². The van der Waals surface area contributed by atoms with E-state index in [1.165, 1.54) is 13.2 Å². The zero-order chi connectivity index (χ0) is 22.9. The Morgan fingerprint density at radius 1 is 1.06 bits per heavy atom. The van der Waals surface area contributed by atoms with Gasteiger partial charge in [-0.15, -0.1) is 0 Å². The van der Waals surface area contributed by atoms with E-state index in [0.717, 1.165) is 43.6 Å². The van der Waals surface area contributed by atoms with E-state index < -0.39 is 11.6 Å². The SMILES string of the molecule is COc1c(F)cc(F)cc1-c1c[nH]c2ncc(-n3cc(N4CCN(CCO)CC4)cn3)cc12. The van der Waals surface area contributed by atoms with E-state index in [1.807, 2.05) is 18.5 Å². The molecule has 0 radical (unpaired) electrons. The van der Waals surface area contributed by atoms with Gasteiger partial charge in [-0.2, -0.15) is 5.10 Å². The number of methoxy groups -OCH3 is 1. The number of hydrogen-bond donors (Lipinski definition) is 2. The van der Waals surface area contributed by atoms with Crippen molar-refractivity contribution < 1.29 is 18.6 Å². The van der Waals surface area contributed by atoms with Crippen molar-refractivity contribution in [2.24, 2.45) is 0 Å². The minimum Gasteiger partial charge on any atom is -0.493 e. The second-order valence-electron chi connectivity index (χ2n) is 7.96. The number of halogens is 2. The molecule has 172 valence electrons. The first-order valence-corrected chi connectivity index (χ1v) is 10.7. The molecule has 3 aromatic heterocycles. The highest BCUT2D eigenvalue weighted by molar-refractivity contribution is 5.96. The lowest BCUT2D eigenvalue weighted by molar-refractivity contribution is 0.189. The predicted molar refractivity (Wildman–Crippen MR) is 121 cm³/mol. The number of benzene rings is 1. The molecule has 0 spiro atoms. The molecule has 0 atom stereocenters. The molecule has 1 aromatic carbocycles. The average Bonchev–Trinajstić information content (AvgIpc) is 3.46. The van der Waals surface area contributed by atoms with Crippen LogP contribution < -0.4 is 9.64 Å². The highest BCUT2D eigenvalue weighted by Gasteiger charge is 2.20. The molecule has 33 heavy (non-hydrogen) atoms. The number of nitrogens with one attached hydrogen (secondary N) is 1. The van der Waals surface area contributed by atoms with Gasteiger partial charge in [-0.3, -0.25) is 4.90 Å². The number of pyridine rings is 1. The van der Waals surface area contributed by atoms with Crippen molar-refractivity contribution >= 4 is 16.7 Å². The van der Waals surface area contributed by atoms with E-state index in [9.17, 15) is 8.78 Å². The smallest absolute Gasteiger partial charge is 0.168 e. The molecule has 1 aliphatic heterocycles. The Morgan fingerprint density at radius 3 is 2.64 bits per heavy atom. The van der Waals surface area contributed by atoms with Gasteiger partial charge in [0, 0.05) is 61.5 Å². The van der Waals surface area contributed by atoms with Gasteiger partial charge in [0.25, 0.3) is 0 Å². The molecule has 4 aromatic rings. The number of anilines is 1. The van der Waals surface area contributed by atoms with Gasteiger partial charge in [-0.1, -0.05) is 0 Å². The highest BCUT2D eigenvalue weighted by atomic mass is 19.1. The molecular formula is C23H24F2N6O2. The normalized spacial score (nSPS) is 14.8. The first kappa shape index (κ1) is 21.4. The molecule has 1 saturated heterocycles. The van der Waals surface area contributed by atoms with Gasteiger partial charge in [-0.25, -0.2) is 18.4 Å². The van der Waals surface area contributed by atoms with Crippen molar-refractivity contribution in [3.05, 3.63) is 54.6 Å². The molecule has 4 heterocycles. The summed E-state index contributed by atoms with van der Waals surface area (Å²) in [4.78, 5) is 12.0. The molecule has 0 amide bonds. The number of aromatic nitrogens is 4.